The molecule has 4 rings (SSSR count). The number of aryl methyl sites for hydroxylation is 2. The summed E-state index contributed by atoms with van der Waals surface area (Å²) < 4.78 is 40.0. The van der Waals surface area contributed by atoms with Gasteiger partial charge in [0.15, 0.2) is 5.03 Å². The van der Waals surface area contributed by atoms with Crippen molar-refractivity contribution in [3.63, 3.8) is 0 Å². The summed E-state index contributed by atoms with van der Waals surface area (Å²) in [5.74, 6) is 1.05. The fraction of sp³-hybridized carbons (Fsp3) is 0.545. The standard InChI is InChI=1S/C22H30N4O5S/c1-16-23-21(14-25(16)2)32(28,29)26-11-9-17(10-12-26)22(27)24-18-5-7-19(8-6-18)31-15-20-4-3-13-30-20/h5-8,14,17,20H,3-4,9-13,15H2,1-2H3,(H,24,27). The van der Waals surface area contributed by atoms with Crippen LogP contribution in [0, 0.1) is 12.8 Å². The number of nitrogens with zero attached hydrogens (tertiary/aromatic N) is 3. The lowest BCUT2D eigenvalue weighted by Crippen LogP contribution is -2.41. The Bertz CT molecular complexity index is 1020. The number of nitrogens with one attached hydrogen (secondary N) is 1. The van der Waals surface area contributed by atoms with Crippen molar-refractivity contribution >= 4 is 21.6 Å². The summed E-state index contributed by atoms with van der Waals surface area (Å²) in [5, 5.41) is 2.99. The molecule has 2 aliphatic heterocycles. The zero-order chi connectivity index (χ0) is 22.7. The lowest BCUT2D eigenvalue weighted by molar-refractivity contribution is -0.120. The quantitative estimate of drug-likeness (QED) is 0.678. The van der Waals surface area contributed by atoms with E-state index in [2.05, 4.69) is 10.3 Å². The Morgan fingerprint density at radius 2 is 1.94 bits per heavy atom. The van der Waals surface area contributed by atoms with Gasteiger partial charge in [-0.05, 0) is 56.9 Å². The molecule has 1 aromatic carbocycles. The first-order valence-corrected chi connectivity index (χ1v) is 12.4. The number of carbonyl (C=O) groups excluding carboxylic acids is 1. The van der Waals surface area contributed by atoms with Crippen LogP contribution in [0.4, 0.5) is 5.69 Å². The van der Waals surface area contributed by atoms with Gasteiger partial charge in [0, 0.05) is 44.5 Å². The van der Waals surface area contributed by atoms with Crippen LogP contribution in [0.3, 0.4) is 0 Å². The van der Waals surface area contributed by atoms with E-state index in [9.17, 15) is 13.2 Å². The van der Waals surface area contributed by atoms with Crippen molar-refractivity contribution in [3.8, 4) is 5.75 Å². The first-order chi connectivity index (χ1) is 15.3. The number of carbonyl (C=O) groups is 1. The van der Waals surface area contributed by atoms with Gasteiger partial charge in [0.2, 0.25) is 5.91 Å². The average Bonchev–Trinajstić information content (AvgIpc) is 3.43. The van der Waals surface area contributed by atoms with Gasteiger partial charge in [-0.3, -0.25) is 4.79 Å². The molecule has 1 amide bonds. The van der Waals surface area contributed by atoms with Gasteiger partial charge in [-0.15, -0.1) is 0 Å². The van der Waals surface area contributed by atoms with Gasteiger partial charge in [-0.25, -0.2) is 13.4 Å². The molecular weight excluding hydrogens is 432 g/mol. The second kappa shape index (κ2) is 9.60. The maximum absolute atomic E-state index is 12.8. The molecule has 1 aromatic heterocycles. The molecule has 1 unspecified atom stereocenters. The van der Waals surface area contributed by atoms with Crippen LogP contribution in [0.5, 0.6) is 5.75 Å². The molecule has 1 N–H and O–H groups in total. The number of piperidine rings is 1. The highest BCUT2D eigenvalue weighted by atomic mass is 32.2. The second-order valence-corrected chi connectivity index (χ2v) is 10.3. The molecule has 32 heavy (non-hydrogen) atoms. The Hall–Kier alpha value is -2.43. The molecule has 0 aliphatic carbocycles. The third-order valence-corrected chi connectivity index (χ3v) is 7.87. The van der Waals surface area contributed by atoms with Crippen LogP contribution in [0.2, 0.25) is 0 Å². The highest BCUT2D eigenvalue weighted by molar-refractivity contribution is 7.89. The summed E-state index contributed by atoms with van der Waals surface area (Å²) in [7, 11) is -1.88. The lowest BCUT2D eigenvalue weighted by atomic mass is 9.97. The molecular formula is C22H30N4O5S. The number of aromatic nitrogens is 2. The fourth-order valence-electron chi connectivity index (χ4n) is 3.98. The highest BCUT2D eigenvalue weighted by Gasteiger charge is 2.33. The Balaban J connectivity index is 1.27. The number of anilines is 1. The van der Waals surface area contributed by atoms with E-state index >= 15 is 0 Å². The minimum absolute atomic E-state index is 0.0576. The van der Waals surface area contributed by atoms with Gasteiger partial charge in [0.25, 0.3) is 10.0 Å². The fourth-order valence-corrected chi connectivity index (χ4v) is 5.48. The van der Waals surface area contributed by atoms with E-state index < -0.39 is 10.0 Å². The van der Waals surface area contributed by atoms with Crippen molar-refractivity contribution in [2.45, 2.75) is 43.7 Å². The van der Waals surface area contributed by atoms with Gasteiger partial charge in [-0.2, -0.15) is 4.31 Å². The third-order valence-electron chi connectivity index (χ3n) is 6.10. The molecule has 0 radical (unpaired) electrons. The van der Waals surface area contributed by atoms with E-state index in [1.807, 2.05) is 24.3 Å². The SMILES string of the molecule is Cc1nc(S(=O)(=O)N2CCC(C(=O)Nc3ccc(OCC4CCCO4)cc3)CC2)cn1C. The Kier molecular flexibility index (Phi) is 6.82. The Morgan fingerprint density at radius 1 is 1.22 bits per heavy atom. The van der Waals surface area contributed by atoms with E-state index in [-0.39, 0.29) is 23.0 Å². The molecule has 10 heteroatoms. The van der Waals surface area contributed by atoms with E-state index in [4.69, 9.17) is 9.47 Å². The maximum atomic E-state index is 12.8. The Morgan fingerprint density at radius 3 is 2.53 bits per heavy atom. The predicted molar refractivity (Wildman–Crippen MR) is 119 cm³/mol. The maximum Gasteiger partial charge on any atom is 0.262 e. The van der Waals surface area contributed by atoms with Crippen molar-refractivity contribution in [2.75, 3.05) is 31.6 Å². The number of rotatable bonds is 7. The predicted octanol–water partition coefficient (Wildman–Crippen LogP) is 2.33. The molecule has 0 saturated carbocycles. The summed E-state index contributed by atoms with van der Waals surface area (Å²) in [6, 6.07) is 7.28. The van der Waals surface area contributed by atoms with Crippen molar-refractivity contribution in [1.29, 1.82) is 0 Å². The summed E-state index contributed by atoms with van der Waals surface area (Å²) >= 11 is 0. The van der Waals surface area contributed by atoms with E-state index in [0.717, 1.165) is 25.2 Å². The van der Waals surface area contributed by atoms with Gasteiger partial charge in [0.1, 0.15) is 18.2 Å². The van der Waals surface area contributed by atoms with Crippen molar-refractivity contribution < 1.29 is 22.7 Å². The average molecular weight is 463 g/mol. The normalized spacial score (nSPS) is 20.4. The first kappa shape index (κ1) is 22.8. The van der Waals surface area contributed by atoms with E-state index in [1.165, 1.54) is 10.5 Å². The van der Waals surface area contributed by atoms with E-state index in [1.54, 1.807) is 18.5 Å². The van der Waals surface area contributed by atoms with Crippen LogP contribution in [-0.2, 0) is 26.6 Å². The number of hydrogen-bond donors (Lipinski definition) is 1. The molecule has 174 valence electrons. The molecule has 9 nitrogen and oxygen atoms in total. The zero-order valence-corrected chi connectivity index (χ0v) is 19.3. The summed E-state index contributed by atoms with van der Waals surface area (Å²) in [6.07, 6.45) is 4.73. The van der Waals surface area contributed by atoms with Crippen molar-refractivity contribution in [2.24, 2.45) is 13.0 Å². The molecule has 2 saturated heterocycles. The van der Waals surface area contributed by atoms with Gasteiger partial charge in [-0.1, -0.05) is 0 Å². The molecule has 2 aromatic rings. The second-order valence-electron chi connectivity index (χ2n) is 8.38. The number of amides is 1. The summed E-state index contributed by atoms with van der Waals surface area (Å²) in [5.41, 5.74) is 0.693. The molecule has 0 bridgehead atoms. The van der Waals surface area contributed by atoms with Gasteiger partial charge < -0.3 is 19.4 Å². The molecule has 3 heterocycles. The lowest BCUT2D eigenvalue weighted by Gasteiger charge is -2.29. The van der Waals surface area contributed by atoms with Crippen LogP contribution < -0.4 is 10.1 Å². The topological polar surface area (TPSA) is 103 Å². The van der Waals surface area contributed by atoms with Gasteiger partial charge >= 0.3 is 0 Å². The van der Waals surface area contributed by atoms with Crippen molar-refractivity contribution in [1.82, 2.24) is 13.9 Å². The number of benzene rings is 1. The molecule has 2 aliphatic rings. The Labute approximate surface area is 188 Å². The van der Waals surface area contributed by atoms with Crippen LogP contribution in [0.15, 0.2) is 35.5 Å². The van der Waals surface area contributed by atoms with Crippen LogP contribution >= 0.6 is 0 Å². The first-order valence-electron chi connectivity index (χ1n) is 11.0. The number of hydrogen-bond acceptors (Lipinski definition) is 6. The molecule has 1 atom stereocenters. The van der Waals surface area contributed by atoms with Crippen LogP contribution in [-0.4, -0.2) is 60.6 Å². The number of ether oxygens (including phenoxy) is 2. The number of sulfonamides is 1. The largest absolute Gasteiger partial charge is 0.491 e. The van der Waals surface area contributed by atoms with Gasteiger partial charge in [0.05, 0.1) is 6.10 Å². The molecule has 0 spiro atoms. The smallest absolute Gasteiger partial charge is 0.262 e. The van der Waals surface area contributed by atoms with E-state index in [0.29, 0.717) is 44.0 Å². The van der Waals surface area contributed by atoms with Crippen molar-refractivity contribution in [3.05, 3.63) is 36.3 Å². The monoisotopic (exact) mass is 462 g/mol. The van der Waals surface area contributed by atoms with Crippen LogP contribution in [0.1, 0.15) is 31.5 Å². The highest BCUT2D eigenvalue weighted by Crippen LogP contribution is 2.25. The third kappa shape index (κ3) is 5.13. The molecule has 2 fully saturated rings. The summed E-state index contributed by atoms with van der Waals surface area (Å²) in [4.78, 5) is 16.8. The summed E-state index contributed by atoms with van der Waals surface area (Å²) in [6.45, 7) is 3.69. The minimum atomic E-state index is -3.64. The zero-order valence-electron chi connectivity index (χ0n) is 18.5. The minimum Gasteiger partial charge on any atom is -0.491 e. The number of imidazole rings is 1. The van der Waals surface area contributed by atoms with Crippen LogP contribution in [0.25, 0.3) is 0 Å².